The summed E-state index contributed by atoms with van der Waals surface area (Å²) >= 11 is 0. The molecule has 1 aliphatic rings. The highest BCUT2D eigenvalue weighted by atomic mass is 16.6. The normalized spacial score (nSPS) is 12.0. The highest BCUT2D eigenvalue weighted by Gasteiger charge is 2.28. The van der Waals surface area contributed by atoms with Gasteiger partial charge in [0.25, 0.3) is 0 Å². The minimum Gasteiger partial charge on any atom is -0.461 e. The number of nitrogens with one attached hydrogen (secondary N) is 1. The zero-order valence-corrected chi connectivity index (χ0v) is 13.7. The predicted molar refractivity (Wildman–Crippen MR) is 94.2 cm³/mol. The number of hydrogen-bond donors (Lipinski definition) is 1. The highest BCUT2D eigenvalue weighted by Crippen LogP contribution is 2.44. The molecule has 5 heteroatoms. The number of esters is 1. The summed E-state index contributed by atoms with van der Waals surface area (Å²) in [5.41, 5.74) is 4.69. The molecule has 0 unspecified atom stereocenters. The van der Waals surface area contributed by atoms with Crippen LogP contribution in [0.3, 0.4) is 0 Å². The summed E-state index contributed by atoms with van der Waals surface area (Å²) in [5, 5.41) is 2.56. The van der Waals surface area contributed by atoms with E-state index in [1.54, 1.807) is 0 Å². The van der Waals surface area contributed by atoms with Crippen LogP contribution in [-0.2, 0) is 14.3 Å². The number of hydrogen-bond acceptors (Lipinski definition) is 4. The summed E-state index contributed by atoms with van der Waals surface area (Å²) in [5.74, 6) is -0.494. The third kappa shape index (κ3) is 3.71. The number of ether oxygens (including phenoxy) is 2. The Labute approximate surface area is 146 Å². The van der Waals surface area contributed by atoms with Crippen LogP contribution in [0.4, 0.5) is 4.79 Å². The van der Waals surface area contributed by atoms with Gasteiger partial charge in [-0.25, -0.2) is 9.59 Å². The molecule has 1 amide bonds. The van der Waals surface area contributed by atoms with Crippen molar-refractivity contribution in [3.05, 3.63) is 72.3 Å². The van der Waals surface area contributed by atoms with Gasteiger partial charge in [-0.05, 0) is 22.3 Å². The van der Waals surface area contributed by atoms with Crippen LogP contribution in [0.25, 0.3) is 11.1 Å². The van der Waals surface area contributed by atoms with Crippen molar-refractivity contribution in [3.63, 3.8) is 0 Å². The van der Waals surface area contributed by atoms with Crippen LogP contribution in [0.2, 0.25) is 0 Å². The van der Waals surface area contributed by atoms with Gasteiger partial charge in [-0.15, -0.1) is 0 Å². The number of benzene rings is 2. The zero-order valence-electron chi connectivity index (χ0n) is 13.7. The molecule has 0 radical (unpaired) electrons. The van der Waals surface area contributed by atoms with Gasteiger partial charge in [0.05, 0.1) is 6.54 Å². The fraction of sp³-hybridized carbons (Fsp3) is 0.200. The topological polar surface area (TPSA) is 64.6 Å². The monoisotopic (exact) mass is 337 g/mol. The molecular formula is C20H19NO4. The predicted octanol–water partition coefficient (Wildman–Crippen LogP) is 3.25. The maximum Gasteiger partial charge on any atom is 0.407 e. The van der Waals surface area contributed by atoms with E-state index in [9.17, 15) is 9.59 Å². The van der Waals surface area contributed by atoms with Crippen molar-refractivity contribution >= 4 is 12.1 Å². The first-order valence-electron chi connectivity index (χ1n) is 8.08. The summed E-state index contributed by atoms with van der Waals surface area (Å²) < 4.78 is 10.1. The van der Waals surface area contributed by atoms with Gasteiger partial charge in [-0.1, -0.05) is 55.1 Å². The number of amides is 1. The lowest BCUT2D eigenvalue weighted by Gasteiger charge is -2.14. The number of rotatable bonds is 6. The molecule has 0 spiro atoms. The van der Waals surface area contributed by atoms with E-state index in [1.165, 1.54) is 11.1 Å². The summed E-state index contributed by atoms with van der Waals surface area (Å²) in [6, 6.07) is 16.3. The second-order valence-electron chi connectivity index (χ2n) is 5.62. The van der Waals surface area contributed by atoms with E-state index in [0.717, 1.165) is 17.2 Å². The molecular weight excluding hydrogens is 318 g/mol. The van der Waals surface area contributed by atoms with Crippen LogP contribution in [0.5, 0.6) is 0 Å². The maximum absolute atomic E-state index is 11.8. The lowest BCUT2D eigenvalue weighted by molar-refractivity contribution is -0.137. The summed E-state index contributed by atoms with van der Waals surface area (Å²) in [7, 11) is 0. The summed E-state index contributed by atoms with van der Waals surface area (Å²) in [6.07, 6.45) is 0.546. The molecule has 0 atom stereocenters. The van der Waals surface area contributed by atoms with E-state index in [2.05, 4.69) is 36.2 Å². The average molecular weight is 337 g/mol. The molecule has 3 rings (SSSR count). The molecule has 1 N–H and O–H groups in total. The second-order valence-corrected chi connectivity index (χ2v) is 5.62. The molecule has 2 aromatic rings. The standard InChI is InChI=1S/C20H19NO4/c1-2-19(22)24-12-11-21-20(23)25-13-18-16-9-5-3-7-14(16)15-8-4-6-10-17(15)18/h2-10,18H,1,11-13H2,(H,21,23). The first-order chi connectivity index (χ1) is 12.2. The third-order valence-corrected chi connectivity index (χ3v) is 4.13. The number of carbonyl (C=O) groups excluding carboxylic acids is 2. The Bertz CT molecular complexity index is 754. The zero-order chi connectivity index (χ0) is 17.6. The van der Waals surface area contributed by atoms with Crippen LogP contribution >= 0.6 is 0 Å². The van der Waals surface area contributed by atoms with Crippen molar-refractivity contribution in [3.8, 4) is 11.1 Å². The molecule has 128 valence electrons. The average Bonchev–Trinajstić information content (AvgIpc) is 2.97. The van der Waals surface area contributed by atoms with Gasteiger partial charge in [0.15, 0.2) is 0 Å². The number of fused-ring (bicyclic) bond motifs is 3. The smallest absolute Gasteiger partial charge is 0.407 e. The van der Waals surface area contributed by atoms with Crippen LogP contribution in [-0.4, -0.2) is 31.8 Å². The van der Waals surface area contributed by atoms with E-state index in [0.29, 0.717) is 0 Å². The minimum absolute atomic E-state index is 0.0248. The van der Waals surface area contributed by atoms with E-state index in [-0.39, 0.29) is 25.7 Å². The SMILES string of the molecule is C=CC(=O)OCCNC(=O)OCC1c2ccccc2-c2ccccc21. The van der Waals surface area contributed by atoms with E-state index in [4.69, 9.17) is 9.47 Å². The van der Waals surface area contributed by atoms with Crippen molar-refractivity contribution in [2.45, 2.75) is 5.92 Å². The van der Waals surface area contributed by atoms with E-state index < -0.39 is 12.1 Å². The van der Waals surface area contributed by atoms with Gasteiger partial charge >= 0.3 is 12.1 Å². The quantitative estimate of drug-likeness (QED) is 0.499. The van der Waals surface area contributed by atoms with E-state index >= 15 is 0 Å². The van der Waals surface area contributed by atoms with Gasteiger partial charge in [0, 0.05) is 12.0 Å². The molecule has 1 aliphatic carbocycles. The Morgan fingerprint density at radius 1 is 1.00 bits per heavy atom. The summed E-state index contributed by atoms with van der Waals surface area (Å²) in [4.78, 5) is 22.7. The molecule has 0 heterocycles. The van der Waals surface area contributed by atoms with Gasteiger partial charge in [-0.3, -0.25) is 0 Å². The van der Waals surface area contributed by atoms with Crippen molar-refractivity contribution in [2.75, 3.05) is 19.8 Å². The molecule has 0 aliphatic heterocycles. The van der Waals surface area contributed by atoms with Crippen LogP contribution in [0, 0.1) is 0 Å². The molecule has 0 saturated heterocycles. The molecule has 5 nitrogen and oxygen atoms in total. The number of alkyl carbamates (subject to hydrolysis) is 1. The molecule has 0 saturated carbocycles. The maximum atomic E-state index is 11.8. The fourth-order valence-electron chi connectivity index (χ4n) is 3.01. The molecule has 25 heavy (non-hydrogen) atoms. The highest BCUT2D eigenvalue weighted by molar-refractivity contribution is 5.81. The van der Waals surface area contributed by atoms with Crippen molar-refractivity contribution < 1.29 is 19.1 Å². The Balaban J connectivity index is 1.57. The van der Waals surface area contributed by atoms with Crippen molar-refractivity contribution in [1.29, 1.82) is 0 Å². The van der Waals surface area contributed by atoms with Crippen LogP contribution < -0.4 is 5.32 Å². The van der Waals surface area contributed by atoms with Crippen LogP contribution in [0.15, 0.2) is 61.2 Å². The Hall–Kier alpha value is -3.08. The third-order valence-electron chi connectivity index (χ3n) is 4.13. The number of carbonyl (C=O) groups is 2. The van der Waals surface area contributed by atoms with Crippen molar-refractivity contribution in [2.24, 2.45) is 0 Å². The Morgan fingerprint density at radius 3 is 2.20 bits per heavy atom. The lowest BCUT2D eigenvalue weighted by atomic mass is 9.98. The largest absolute Gasteiger partial charge is 0.461 e. The van der Waals surface area contributed by atoms with Gasteiger partial charge in [-0.2, -0.15) is 0 Å². The molecule has 0 aromatic heterocycles. The Kier molecular flexibility index (Phi) is 5.14. The fourth-order valence-corrected chi connectivity index (χ4v) is 3.01. The first-order valence-corrected chi connectivity index (χ1v) is 8.08. The molecule has 2 aromatic carbocycles. The first kappa shape index (κ1) is 16.8. The van der Waals surface area contributed by atoms with Gasteiger partial charge in [0.1, 0.15) is 13.2 Å². The van der Waals surface area contributed by atoms with Crippen molar-refractivity contribution in [1.82, 2.24) is 5.32 Å². The van der Waals surface area contributed by atoms with E-state index in [1.807, 2.05) is 24.3 Å². The lowest BCUT2D eigenvalue weighted by Crippen LogP contribution is -2.29. The van der Waals surface area contributed by atoms with Gasteiger partial charge in [0.2, 0.25) is 0 Å². The minimum atomic E-state index is -0.531. The van der Waals surface area contributed by atoms with Gasteiger partial charge < -0.3 is 14.8 Å². The molecule has 0 fully saturated rings. The van der Waals surface area contributed by atoms with Crippen LogP contribution in [0.1, 0.15) is 17.0 Å². The molecule has 0 bridgehead atoms. The second kappa shape index (κ2) is 7.66. The summed E-state index contributed by atoms with van der Waals surface area (Å²) in [6.45, 7) is 3.82. The Morgan fingerprint density at radius 2 is 1.60 bits per heavy atom.